The summed E-state index contributed by atoms with van der Waals surface area (Å²) in [5, 5.41) is 0. The first kappa shape index (κ1) is 8.97. The number of nitrogens with zero attached hydrogens (tertiary/aromatic N) is 1. The number of carbonyl (C=O) groups is 1. The number of aldehydes is 1. The summed E-state index contributed by atoms with van der Waals surface area (Å²) in [6.45, 7) is 3.81. The van der Waals surface area contributed by atoms with E-state index in [1.165, 1.54) is 0 Å². The SMILES string of the molecule is Cc1nc(CCCC=O)oc1C. The zero-order chi connectivity index (χ0) is 8.97. The molecule has 0 aliphatic heterocycles. The Balaban J connectivity index is 2.47. The van der Waals surface area contributed by atoms with Crippen LogP contribution in [0.15, 0.2) is 4.42 Å². The van der Waals surface area contributed by atoms with Gasteiger partial charge in [-0.05, 0) is 20.3 Å². The van der Waals surface area contributed by atoms with Crippen LogP contribution in [0.5, 0.6) is 0 Å². The average Bonchev–Trinajstić information content (AvgIpc) is 2.32. The van der Waals surface area contributed by atoms with E-state index in [-0.39, 0.29) is 0 Å². The third-order valence-corrected chi connectivity index (χ3v) is 1.79. The van der Waals surface area contributed by atoms with Crippen molar-refractivity contribution in [2.75, 3.05) is 0 Å². The third kappa shape index (κ3) is 2.19. The maximum absolute atomic E-state index is 10.0. The summed E-state index contributed by atoms with van der Waals surface area (Å²) < 4.78 is 5.33. The molecule has 0 aliphatic rings. The predicted octanol–water partition coefficient (Wildman–Crippen LogP) is 1.81. The lowest BCUT2D eigenvalue weighted by atomic mass is 10.2. The molecule has 0 atom stereocenters. The van der Waals surface area contributed by atoms with Crippen molar-refractivity contribution >= 4 is 6.29 Å². The molecular formula is C9H13NO2. The van der Waals surface area contributed by atoms with Gasteiger partial charge in [0.25, 0.3) is 0 Å². The molecule has 0 spiro atoms. The molecule has 3 heteroatoms. The van der Waals surface area contributed by atoms with Gasteiger partial charge in [0.15, 0.2) is 5.89 Å². The van der Waals surface area contributed by atoms with Crippen molar-refractivity contribution in [3.63, 3.8) is 0 Å². The van der Waals surface area contributed by atoms with Crippen LogP contribution in [0.4, 0.5) is 0 Å². The summed E-state index contributed by atoms with van der Waals surface area (Å²) in [7, 11) is 0. The summed E-state index contributed by atoms with van der Waals surface area (Å²) in [6, 6.07) is 0. The number of oxazole rings is 1. The van der Waals surface area contributed by atoms with E-state index < -0.39 is 0 Å². The Bertz CT molecular complexity index is 246. The average molecular weight is 167 g/mol. The molecule has 0 saturated carbocycles. The van der Waals surface area contributed by atoms with E-state index >= 15 is 0 Å². The fraction of sp³-hybridized carbons (Fsp3) is 0.556. The fourth-order valence-electron chi connectivity index (χ4n) is 0.983. The second-order valence-corrected chi connectivity index (χ2v) is 2.81. The normalized spacial score (nSPS) is 10.2. The Labute approximate surface area is 71.8 Å². The highest BCUT2D eigenvalue weighted by Crippen LogP contribution is 2.10. The molecule has 0 unspecified atom stereocenters. The van der Waals surface area contributed by atoms with Crippen molar-refractivity contribution in [3.05, 3.63) is 17.3 Å². The maximum Gasteiger partial charge on any atom is 0.194 e. The van der Waals surface area contributed by atoms with E-state index in [2.05, 4.69) is 4.98 Å². The van der Waals surface area contributed by atoms with Crippen molar-refractivity contribution in [2.24, 2.45) is 0 Å². The summed E-state index contributed by atoms with van der Waals surface area (Å²) in [6.07, 6.45) is 3.08. The van der Waals surface area contributed by atoms with E-state index in [1.807, 2.05) is 13.8 Å². The van der Waals surface area contributed by atoms with Crippen LogP contribution in [-0.2, 0) is 11.2 Å². The lowest BCUT2D eigenvalue weighted by Gasteiger charge is -1.89. The van der Waals surface area contributed by atoms with E-state index in [4.69, 9.17) is 4.42 Å². The first-order valence-electron chi connectivity index (χ1n) is 4.10. The van der Waals surface area contributed by atoms with Crippen LogP contribution < -0.4 is 0 Å². The van der Waals surface area contributed by atoms with Crippen LogP contribution >= 0.6 is 0 Å². The molecule has 12 heavy (non-hydrogen) atoms. The first-order chi connectivity index (χ1) is 5.74. The Morgan fingerprint density at radius 1 is 1.50 bits per heavy atom. The minimum Gasteiger partial charge on any atom is -0.446 e. The molecule has 0 fully saturated rings. The molecule has 0 N–H and O–H groups in total. The van der Waals surface area contributed by atoms with Gasteiger partial charge in [0, 0.05) is 12.8 Å². The summed E-state index contributed by atoms with van der Waals surface area (Å²) in [5.74, 6) is 1.61. The van der Waals surface area contributed by atoms with Gasteiger partial charge in [-0.25, -0.2) is 4.98 Å². The molecule has 1 heterocycles. The molecular weight excluding hydrogens is 154 g/mol. The third-order valence-electron chi connectivity index (χ3n) is 1.79. The molecule has 1 aromatic heterocycles. The smallest absolute Gasteiger partial charge is 0.194 e. The number of hydrogen-bond donors (Lipinski definition) is 0. The van der Waals surface area contributed by atoms with Gasteiger partial charge in [-0.3, -0.25) is 0 Å². The molecule has 1 rings (SSSR count). The Kier molecular flexibility index (Phi) is 3.02. The fourth-order valence-corrected chi connectivity index (χ4v) is 0.983. The number of carbonyl (C=O) groups excluding carboxylic acids is 1. The Morgan fingerprint density at radius 3 is 2.75 bits per heavy atom. The van der Waals surface area contributed by atoms with Gasteiger partial charge < -0.3 is 9.21 Å². The molecule has 0 radical (unpaired) electrons. The highest BCUT2D eigenvalue weighted by Gasteiger charge is 2.03. The molecule has 0 amide bonds. The van der Waals surface area contributed by atoms with Gasteiger partial charge >= 0.3 is 0 Å². The summed E-state index contributed by atoms with van der Waals surface area (Å²) in [4.78, 5) is 14.2. The van der Waals surface area contributed by atoms with Crippen LogP contribution in [0, 0.1) is 13.8 Å². The van der Waals surface area contributed by atoms with Gasteiger partial charge in [-0.2, -0.15) is 0 Å². The molecule has 1 aromatic rings. The quantitative estimate of drug-likeness (QED) is 0.507. The summed E-state index contributed by atoms with van der Waals surface area (Å²) >= 11 is 0. The molecule has 3 nitrogen and oxygen atoms in total. The highest BCUT2D eigenvalue weighted by atomic mass is 16.4. The summed E-state index contributed by atoms with van der Waals surface area (Å²) in [5.41, 5.74) is 0.941. The number of hydrogen-bond acceptors (Lipinski definition) is 3. The Hall–Kier alpha value is -1.12. The lowest BCUT2D eigenvalue weighted by molar-refractivity contribution is -0.107. The molecule has 0 saturated heterocycles. The lowest BCUT2D eigenvalue weighted by Crippen LogP contribution is -1.86. The highest BCUT2D eigenvalue weighted by molar-refractivity contribution is 5.49. The standard InChI is InChI=1S/C9H13NO2/c1-7-8(2)12-9(10-7)5-3-4-6-11/h6H,3-5H2,1-2H3. The van der Waals surface area contributed by atoms with Crippen LogP contribution in [0.3, 0.4) is 0 Å². The van der Waals surface area contributed by atoms with E-state index in [0.29, 0.717) is 6.42 Å². The topological polar surface area (TPSA) is 43.1 Å². The Morgan fingerprint density at radius 2 is 2.25 bits per heavy atom. The van der Waals surface area contributed by atoms with Crippen molar-refractivity contribution in [3.8, 4) is 0 Å². The number of rotatable bonds is 4. The van der Waals surface area contributed by atoms with Crippen LogP contribution in [0.25, 0.3) is 0 Å². The van der Waals surface area contributed by atoms with E-state index in [9.17, 15) is 4.79 Å². The van der Waals surface area contributed by atoms with Gasteiger partial charge in [0.05, 0.1) is 5.69 Å². The minimum atomic E-state index is 0.584. The zero-order valence-corrected chi connectivity index (χ0v) is 7.46. The molecule has 66 valence electrons. The van der Waals surface area contributed by atoms with Gasteiger partial charge in [0.2, 0.25) is 0 Å². The predicted molar refractivity (Wildman–Crippen MR) is 45.0 cm³/mol. The second-order valence-electron chi connectivity index (χ2n) is 2.81. The molecule has 0 aromatic carbocycles. The minimum absolute atomic E-state index is 0.584. The largest absolute Gasteiger partial charge is 0.446 e. The van der Waals surface area contributed by atoms with Gasteiger partial charge in [-0.15, -0.1) is 0 Å². The molecule has 0 aliphatic carbocycles. The maximum atomic E-state index is 10.0. The number of aryl methyl sites for hydroxylation is 3. The van der Waals surface area contributed by atoms with Crippen molar-refractivity contribution in [2.45, 2.75) is 33.1 Å². The van der Waals surface area contributed by atoms with E-state index in [0.717, 1.165) is 36.5 Å². The van der Waals surface area contributed by atoms with Gasteiger partial charge in [-0.1, -0.05) is 0 Å². The van der Waals surface area contributed by atoms with Crippen molar-refractivity contribution in [1.82, 2.24) is 4.98 Å². The zero-order valence-electron chi connectivity index (χ0n) is 7.46. The van der Waals surface area contributed by atoms with Crippen LogP contribution in [-0.4, -0.2) is 11.3 Å². The number of aromatic nitrogens is 1. The molecule has 0 bridgehead atoms. The van der Waals surface area contributed by atoms with Crippen molar-refractivity contribution in [1.29, 1.82) is 0 Å². The van der Waals surface area contributed by atoms with Crippen LogP contribution in [0.1, 0.15) is 30.2 Å². The van der Waals surface area contributed by atoms with Crippen LogP contribution in [0.2, 0.25) is 0 Å². The van der Waals surface area contributed by atoms with Crippen molar-refractivity contribution < 1.29 is 9.21 Å². The monoisotopic (exact) mass is 167 g/mol. The number of unbranched alkanes of at least 4 members (excludes halogenated alkanes) is 1. The van der Waals surface area contributed by atoms with Gasteiger partial charge in [0.1, 0.15) is 12.0 Å². The van der Waals surface area contributed by atoms with E-state index in [1.54, 1.807) is 0 Å². The second kappa shape index (κ2) is 4.04. The first-order valence-corrected chi connectivity index (χ1v) is 4.10.